The van der Waals surface area contributed by atoms with E-state index in [-0.39, 0.29) is 13.0 Å². The number of benzene rings is 1. The van der Waals surface area contributed by atoms with E-state index in [0.717, 1.165) is 16.0 Å². The van der Waals surface area contributed by atoms with Crippen LogP contribution in [0.5, 0.6) is 0 Å². The number of nitrogens with zero attached hydrogens (tertiary/aromatic N) is 2. The van der Waals surface area contributed by atoms with Crippen LogP contribution in [0.1, 0.15) is 45.2 Å². The summed E-state index contributed by atoms with van der Waals surface area (Å²) in [7, 11) is 0. The Labute approximate surface area is 174 Å². The minimum absolute atomic E-state index is 0.0190. The second-order valence-corrected chi connectivity index (χ2v) is 9.02. The minimum atomic E-state index is -1.52. The van der Waals surface area contributed by atoms with Crippen LogP contribution < -0.4 is 0 Å². The number of carbonyl (C=O) groups is 3. The lowest BCUT2D eigenvalue weighted by Crippen LogP contribution is -2.52. The van der Waals surface area contributed by atoms with Gasteiger partial charge in [0.25, 0.3) is 0 Å². The van der Waals surface area contributed by atoms with Gasteiger partial charge >= 0.3 is 18.2 Å². The lowest BCUT2D eigenvalue weighted by atomic mass is 9.99. The summed E-state index contributed by atoms with van der Waals surface area (Å²) < 4.78 is 10.9. The molecule has 0 spiro atoms. The first-order valence-corrected chi connectivity index (χ1v) is 9.74. The van der Waals surface area contributed by atoms with E-state index in [0.29, 0.717) is 18.1 Å². The number of ether oxygens (including phenoxy) is 2. The molecule has 29 heavy (non-hydrogen) atoms. The maximum Gasteiger partial charge on any atom is 0.411 e. The number of hydrogen-bond acceptors (Lipinski definition) is 5. The molecule has 0 radical (unpaired) electrons. The molecule has 2 amide bonds. The van der Waals surface area contributed by atoms with Crippen LogP contribution in [-0.2, 0) is 27.4 Å². The van der Waals surface area contributed by atoms with Gasteiger partial charge in [0.15, 0.2) is 0 Å². The predicted octanol–water partition coefficient (Wildman–Crippen LogP) is 3.64. The molecule has 0 unspecified atom stereocenters. The van der Waals surface area contributed by atoms with Gasteiger partial charge in [-0.1, -0.05) is 23.7 Å². The summed E-state index contributed by atoms with van der Waals surface area (Å²) in [5.74, 6) is -1.18. The van der Waals surface area contributed by atoms with Crippen LogP contribution in [0.3, 0.4) is 0 Å². The zero-order chi connectivity index (χ0) is 21.6. The van der Waals surface area contributed by atoms with Gasteiger partial charge in [-0.15, -0.1) is 0 Å². The maximum absolute atomic E-state index is 12.6. The summed E-state index contributed by atoms with van der Waals surface area (Å²) in [5.41, 5.74) is -0.467. The number of likely N-dealkylation sites (tertiary alicyclic amines) is 1. The SMILES string of the molecule is CC(C)(C)OC(=O)N1C[C@H](OC(=O)N2Cc3cccc(Cl)c3C2)C[C@@]1(C)C(=O)O. The Morgan fingerprint density at radius 2 is 1.90 bits per heavy atom. The minimum Gasteiger partial charge on any atom is -0.480 e. The predicted molar refractivity (Wildman–Crippen MR) is 105 cm³/mol. The van der Waals surface area contributed by atoms with Crippen LogP contribution in [0.2, 0.25) is 5.02 Å². The van der Waals surface area contributed by atoms with Crippen LogP contribution >= 0.6 is 11.6 Å². The molecule has 1 aromatic rings. The van der Waals surface area contributed by atoms with Gasteiger partial charge in [-0.25, -0.2) is 14.4 Å². The van der Waals surface area contributed by atoms with Gasteiger partial charge in [-0.3, -0.25) is 9.80 Å². The van der Waals surface area contributed by atoms with E-state index in [1.807, 2.05) is 12.1 Å². The molecule has 1 saturated heterocycles. The third-order valence-electron chi connectivity index (χ3n) is 5.13. The largest absolute Gasteiger partial charge is 0.480 e. The molecule has 2 aliphatic rings. The maximum atomic E-state index is 12.6. The first kappa shape index (κ1) is 21.2. The number of aliphatic carboxylic acids is 1. The number of hydrogen-bond donors (Lipinski definition) is 1. The van der Waals surface area contributed by atoms with E-state index in [9.17, 15) is 19.5 Å². The molecule has 3 rings (SSSR count). The Morgan fingerprint density at radius 3 is 2.48 bits per heavy atom. The van der Waals surface area contributed by atoms with Crippen molar-refractivity contribution in [1.29, 1.82) is 0 Å². The Bertz CT molecular complexity index is 852. The summed E-state index contributed by atoms with van der Waals surface area (Å²) in [4.78, 5) is 39.7. The van der Waals surface area contributed by atoms with Crippen molar-refractivity contribution in [3.05, 3.63) is 34.3 Å². The van der Waals surface area contributed by atoms with Crippen LogP contribution in [-0.4, -0.2) is 56.9 Å². The van der Waals surface area contributed by atoms with Gasteiger partial charge < -0.3 is 14.6 Å². The highest BCUT2D eigenvalue weighted by molar-refractivity contribution is 6.31. The smallest absolute Gasteiger partial charge is 0.411 e. The second-order valence-electron chi connectivity index (χ2n) is 8.61. The first-order chi connectivity index (χ1) is 13.4. The molecule has 158 valence electrons. The van der Waals surface area contributed by atoms with E-state index < -0.39 is 35.4 Å². The van der Waals surface area contributed by atoms with Crippen molar-refractivity contribution in [2.45, 2.75) is 64.4 Å². The fourth-order valence-electron chi connectivity index (χ4n) is 3.63. The van der Waals surface area contributed by atoms with Gasteiger partial charge in [0, 0.05) is 18.0 Å². The number of fused-ring (bicyclic) bond motifs is 1. The molecule has 1 fully saturated rings. The molecule has 1 aromatic carbocycles. The summed E-state index contributed by atoms with van der Waals surface area (Å²) in [6.45, 7) is 7.18. The van der Waals surface area contributed by atoms with E-state index in [4.69, 9.17) is 21.1 Å². The average Bonchev–Trinajstić information content (AvgIpc) is 3.16. The Balaban J connectivity index is 1.69. The highest BCUT2D eigenvalue weighted by Gasteiger charge is 2.53. The molecule has 0 saturated carbocycles. The third-order valence-corrected chi connectivity index (χ3v) is 5.49. The van der Waals surface area contributed by atoms with Crippen molar-refractivity contribution in [1.82, 2.24) is 9.80 Å². The lowest BCUT2D eigenvalue weighted by Gasteiger charge is -2.32. The summed E-state index contributed by atoms with van der Waals surface area (Å²) in [6.07, 6.45) is -2.09. The van der Waals surface area contributed by atoms with Gasteiger partial charge in [-0.2, -0.15) is 0 Å². The van der Waals surface area contributed by atoms with E-state index in [1.165, 1.54) is 11.8 Å². The summed E-state index contributed by atoms with van der Waals surface area (Å²) in [6, 6.07) is 5.49. The Kier molecular flexibility index (Phi) is 5.42. The molecule has 2 aliphatic heterocycles. The average molecular weight is 425 g/mol. The number of carboxylic acid groups (broad SMARTS) is 1. The molecule has 0 bridgehead atoms. The van der Waals surface area contributed by atoms with E-state index >= 15 is 0 Å². The van der Waals surface area contributed by atoms with Crippen LogP contribution in [0.4, 0.5) is 9.59 Å². The first-order valence-electron chi connectivity index (χ1n) is 9.36. The molecule has 2 atom stereocenters. The number of carbonyl (C=O) groups excluding carboxylic acids is 2. The van der Waals surface area contributed by atoms with Crippen molar-refractivity contribution >= 4 is 29.8 Å². The van der Waals surface area contributed by atoms with Gasteiger partial charge in [-0.05, 0) is 44.9 Å². The molecule has 2 heterocycles. The van der Waals surface area contributed by atoms with Gasteiger partial charge in [0.05, 0.1) is 13.1 Å². The van der Waals surface area contributed by atoms with Crippen molar-refractivity contribution in [2.24, 2.45) is 0 Å². The highest BCUT2D eigenvalue weighted by Crippen LogP contribution is 2.34. The Morgan fingerprint density at radius 1 is 1.21 bits per heavy atom. The zero-order valence-electron chi connectivity index (χ0n) is 16.9. The number of amides is 2. The van der Waals surface area contributed by atoms with Crippen molar-refractivity contribution in [3.63, 3.8) is 0 Å². The monoisotopic (exact) mass is 424 g/mol. The van der Waals surface area contributed by atoms with Crippen LogP contribution in [0, 0.1) is 0 Å². The molecule has 8 nitrogen and oxygen atoms in total. The van der Waals surface area contributed by atoms with Gasteiger partial charge in [0.2, 0.25) is 0 Å². The highest BCUT2D eigenvalue weighted by atomic mass is 35.5. The molecular weight excluding hydrogens is 400 g/mol. The van der Waals surface area contributed by atoms with Crippen LogP contribution in [0.15, 0.2) is 18.2 Å². The molecule has 0 aliphatic carbocycles. The topological polar surface area (TPSA) is 96.4 Å². The number of halogens is 1. The summed E-state index contributed by atoms with van der Waals surface area (Å²) >= 11 is 6.19. The van der Waals surface area contributed by atoms with Crippen molar-refractivity contribution < 1.29 is 29.0 Å². The number of carboxylic acids is 1. The molecule has 0 aromatic heterocycles. The van der Waals surface area contributed by atoms with Crippen molar-refractivity contribution in [2.75, 3.05) is 6.54 Å². The fourth-order valence-corrected chi connectivity index (χ4v) is 3.88. The molecule has 9 heteroatoms. The third kappa shape index (κ3) is 4.27. The molecular formula is C20H25ClN2O6. The fraction of sp³-hybridized carbons (Fsp3) is 0.550. The number of rotatable bonds is 2. The quantitative estimate of drug-likeness (QED) is 0.778. The van der Waals surface area contributed by atoms with E-state index in [2.05, 4.69) is 0 Å². The normalized spacial score (nSPS) is 23.7. The van der Waals surface area contributed by atoms with Gasteiger partial charge in [0.1, 0.15) is 17.2 Å². The zero-order valence-corrected chi connectivity index (χ0v) is 17.7. The van der Waals surface area contributed by atoms with E-state index in [1.54, 1.807) is 26.8 Å². The van der Waals surface area contributed by atoms with Crippen molar-refractivity contribution in [3.8, 4) is 0 Å². The Hall–Kier alpha value is -2.48. The lowest BCUT2D eigenvalue weighted by molar-refractivity contribution is -0.148. The summed E-state index contributed by atoms with van der Waals surface area (Å²) in [5, 5.41) is 10.3. The second kappa shape index (κ2) is 7.40. The molecule has 1 N–H and O–H groups in total. The standard InChI is InChI=1S/C20H25ClN2O6/c1-19(2,3)29-18(27)23-10-13(8-20(23,4)16(24)25)28-17(26)22-9-12-6-5-7-15(21)14(12)11-22/h5-7,13H,8-11H2,1-4H3,(H,24,25)/t13-,20+/m1/s1. The van der Waals surface area contributed by atoms with Crippen LogP contribution in [0.25, 0.3) is 0 Å².